The highest BCUT2D eigenvalue weighted by Gasteiger charge is 2.14. The van der Waals surface area contributed by atoms with Gasteiger partial charge in [-0.3, -0.25) is 0 Å². The highest BCUT2D eigenvalue weighted by molar-refractivity contribution is 7.12. The van der Waals surface area contributed by atoms with Crippen molar-refractivity contribution >= 4 is 28.9 Å². The maximum atomic E-state index is 12.3. The molecule has 0 aliphatic rings. The van der Waals surface area contributed by atoms with Gasteiger partial charge in [0.1, 0.15) is 4.88 Å². The van der Waals surface area contributed by atoms with Crippen molar-refractivity contribution in [3.05, 3.63) is 33.3 Å². The van der Waals surface area contributed by atoms with Crippen LogP contribution in [-0.2, 0) is 4.74 Å². The number of esters is 1. The van der Waals surface area contributed by atoms with Crippen molar-refractivity contribution in [2.45, 2.75) is 6.42 Å². The van der Waals surface area contributed by atoms with Crippen molar-refractivity contribution in [3.8, 4) is 0 Å². The van der Waals surface area contributed by atoms with Crippen LogP contribution in [0.5, 0.6) is 0 Å². The normalized spacial score (nSPS) is 10.0. The first-order valence-corrected chi connectivity index (χ1v) is 5.38. The average molecular weight is 271 g/mol. The van der Waals surface area contributed by atoms with Gasteiger partial charge in [-0.15, -0.1) is 11.3 Å². The van der Waals surface area contributed by atoms with Crippen LogP contribution in [0.2, 0.25) is 5.02 Å². The Hall–Kier alpha value is -1.01. The van der Waals surface area contributed by atoms with Gasteiger partial charge in [0.25, 0.3) is 0 Å². The smallest absolute Gasteiger partial charge is 0.349 e. The Morgan fingerprint density at radius 2 is 2.12 bits per heavy atom. The van der Waals surface area contributed by atoms with Crippen molar-refractivity contribution in [1.82, 2.24) is 0 Å². The molecule has 1 rings (SSSR count). The minimum atomic E-state index is -2.40. The van der Waals surface area contributed by atoms with E-state index in [0.717, 1.165) is 11.3 Å². The summed E-state index contributed by atoms with van der Waals surface area (Å²) in [5, 5.41) is 1.81. The molecule has 88 valence electrons. The summed E-state index contributed by atoms with van der Waals surface area (Å²) >= 11 is 6.70. The third-order valence-electron chi connectivity index (χ3n) is 1.56. The van der Waals surface area contributed by atoms with Crippen LogP contribution in [0.25, 0.3) is 0 Å². The number of hydrogen-bond acceptors (Lipinski definition) is 3. The molecular formula is C9H6ClF3O2S. The van der Waals surface area contributed by atoms with Crippen LogP contribution >= 0.6 is 22.9 Å². The number of carbonyl (C=O) groups excluding carboxylic acids is 1. The van der Waals surface area contributed by atoms with Gasteiger partial charge >= 0.3 is 12.0 Å². The molecule has 0 bridgehead atoms. The highest BCUT2D eigenvalue weighted by atomic mass is 35.5. The molecule has 0 saturated heterocycles. The van der Waals surface area contributed by atoms with E-state index in [0.29, 0.717) is 0 Å². The molecule has 0 aromatic carbocycles. The van der Waals surface area contributed by atoms with Crippen LogP contribution in [0.4, 0.5) is 13.2 Å². The summed E-state index contributed by atoms with van der Waals surface area (Å²) in [5.74, 6) is -2.32. The van der Waals surface area contributed by atoms with Crippen molar-refractivity contribution in [3.63, 3.8) is 0 Å². The fraction of sp³-hybridized carbons (Fsp3) is 0.222. The molecule has 0 N–H and O–H groups in total. The lowest BCUT2D eigenvalue weighted by molar-refractivity contribution is 0.0508. The Balaban J connectivity index is 2.43. The van der Waals surface area contributed by atoms with Gasteiger partial charge in [-0.05, 0) is 11.4 Å². The van der Waals surface area contributed by atoms with E-state index in [-0.39, 0.29) is 9.90 Å². The SMILES string of the molecule is O=C(OCCC(F)=C(F)F)c1sccc1Cl. The molecule has 0 aliphatic heterocycles. The number of carbonyl (C=O) groups is 1. The minimum absolute atomic E-state index is 0.173. The summed E-state index contributed by atoms with van der Waals surface area (Å²) in [6.07, 6.45) is -3.04. The third kappa shape index (κ3) is 3.53. The zero-order valence-electron chi connectivity index (χ0n) is 7.81. The van der Waals surface area contributed by atoms with Crippen LogP contribution in [0.1, 0.15) is 16.1 Å². The van der Waals surface area contributed by atoms with Crippen molar-refractivity contribution in [2.75, 3.05) is 6.61 Å². The zero-order valence-corrected chi connectivity index (χ0v) is 9.38. The number of rotatable bonds is 4. The lowest BCUT2D eigenvalue weighted by atomic mass is 10.4. The second-order valence-electron chi connectivity index (χ2n) is 2.65. The molecular weight excluding hydrogens is 265 g/mol. The van der Waals surface area contributed by atoms with E-state index in [1.165, 1.54) is 6.07 Å². The number of halogens is 4. The second kappa shape index (κ2) is 5.91. The Kier molecular flexibility index (Phi) is 4.82. The van der Waals surface area contributed by atoms with E-state index in [1.807, 2.05) is 0 Å². The molecule has 0 fully saturated rings. The number of thiophene rings is 1. The first kappa shape index (κ1) is 13.1. The summed E-state index contributed by atoms with van der Waals surface area (Å²) in [6.45, 7) is -0.448. The van der Waals surface area contributed by atoms with Gasteiger partial charge in [0.2, 0.25) is 0 Å². The number of hydrogen-bond donors (Lipinski definition) is 0. The molecule has 0 aliphatic carbocycles. The molecule has 0 atom stereocenters. The van der Waals surface area contributed by atoms with Crippen LogP contribution in [0.3, 0.4) is 0 Å². The van der Waals surface area contributed by atoms with Gasteiger partial charge < -0.3 is 4.74 Å². The van der Waals surface area contributed by atoms with Crippen molar-refractivity contribution < 1.29 is 22.7 Å². The fourth-order valence-electron chi connectivity index (χ4n) is 0.833. The molecule has 0 amide bonds. The van der Waals surface area contributed by atoms with Crippen LogP contribution < -0.4 is 0 Å². The Bertz CT molecular complexity index is 413. The lowest BCUT2D eigenvalue weighted by Gasteiger charge is -2.01. The quantitative estimate of drug-likeness (QED) is 0.772. The summed E-state index contributed by atoms with van der Waals surface area (Å²) in [5.41, 5.74) is 0. The Morgan fingerprint density at radius 3 is 2.62 bits per heavy atom. The molecule has 16 heavy (non-hydrogen) atoms. The largest absolute Gasteiger partial charge is 0.461 e. The molecule has 0 spiro atoms. The van der Waals surface area contributed by atoms with E-state index in [1.54, 1.807) is 5.38 Å². The van der Waals surface area contributed by atoms with E-state index in [9.17, 15) is 18.0 Å². The first-order chi connectivity index (χ1) is 7.52. The van der Waals surface area contributed by atoms with Gasteiger partial charge in [-0.2, -0.15) is 8.78 Å². The summed E-state index contributed by atoms with van der Waals surface area (Å²) in [6, 6.07) is 1.50. The Labute approximate surface area is 98.3 Å². The summed E-state index contributed by atoms with van der Waals surface area (Å²) in [7, 11) is 0. The first-order valence-electron chi connectivity index (χ1n) is 4.12. The van der Waals surface area contributed by atoms with Gasteiger partial charge in [0.15, 0.2) is 5.83 Å². The molecule has 1 aromatic heterocycles. The maximum absolute atomic E-state index is 12.3. The Morgan fingerprint density at radius 1 is 1.44 bits per heavy atom. The van der Waals surface area contributed by atoms with Gasteiger partial charge in [-0.1, -0.05) is 11.6 Å². The molecule has 1 aromatic rings. The van der Waals surface area contributed by atoms with Crippen molar-refractivity contribution in [1.29, 1.82) is 0 Å². The van der Waals surface area contributed by atoms with E-state index in [4.69, 9.17) is 11.6 Å². The van der Waals surface area contributed by atoms with Crippen LogP contribution in [0.15, 0.2) is 23.4 Å². The zero-order chi connectivity index (χ0) is 12.1. The average Bonchev–Trinajstić information content (AvgIpc) is 2.64. The monoisotopic (exact) mass is 270 g/mol. The predicted octanol–water partition coefficient (Wildman–Crippen LogP) is 4.03. The van der Waals surface area contributed by atoms with Crippen LogP contribution in [-0.4, -0.2) is 12.6 Å². The molecule has 0 saturated carbocycles. The second-order valence-corrected chi connectivity index (χ2v) is 3.97. The molecule has 0 radical (unpaired) electrons. The predicted molar refractivity (Wildman–Crippen MR) is 54.6 cm³/mol. The molecule has 2 nitrogen and oxygen atoms in total. The fourth-order valence-corrected chi connectivity index (χ4v) is 1.86. The van der Waals surface area contributed by atoms with E-state index in [2.05, 4.69) is 4.74 Å². The van der Waals surface area contributed by atoms with Gasteiger partial charge in [0, 0.05) is 6.42 Å². The molecule has 7 heteroatoms. The highest BCUT2D eigenvalue weighted by Crippen LogP contribution is 2.23. The topological polar surface area (TPSA) is 26.3 Å². The van der Waals surface area contributed by atoms with Gasteiger partial charge in [-0.25, -0.2) is 9.18 Å². The number of ether oxygens (including phenoxy) is 1. The standard InChI is InChI=1S/C9H6ClF3O2S/c10-5-2-4-16-7(5)9(14)15-3-1-6(11)8(12)13/h2,4H,1,3H2. The lowest BCUT2D eigenvalue weighted by Crippen LogP contribution is -2.05. The third-order valence-corrected chi connectivity index (χ3v) is 2.88. The summed E-state index contributed by atoms with van der Waals surface area (Å²) < 4.78 is 40.2. The van der Waals surface area contributed by atoms with Gasteiger partial charge in [0.05, 0.1) is 11.6 Å². The summed E-state index contributed by atoms with van der Waals surface area (Å²) in [4.78, 5) is 11.4. The van der Waals surface area contributed by atoms with E-state index >= 15 is 0 Å². The van der Waals surface area contributed by atoms with Crippen LogP contribution in [0, 0.1) is 0 Å². The molecule has 1 heterocycles. The minimum Gasteiger partial charge on any atom is -0.461 e. The van der Waals surface area contributed by atoms with Crippen molar-refractivity contribution in [2.24, 2.45) is 0 Å². The maximum Gasteiger partial charge on any atom is 0.349 e. The molecule has 0 unspecified atom stereocenters. The van der Waals surface area contributed by atoms with E-state index < -0.39 is 30.9 Å².